The molecule has 0 radical (unpaired) electrons. The van der Waals surface area contributed by atoms with E-state index in [0.717, 1.165) is 41.5 Å². The Kier molecular flexibility index (Phi) is 6.58. The van der Waals surface area contributed by atoms with E-state index in [9.17, 15) is 9.59 Å². The Balaban J connectivity index is 1.59. The van der Waals surface area contributed by atoms with Gasteiger partial charge in [0.05, 0.1) is 12.3 Å². The molecule has 1 atom stereocenters. The second-order valence-electron chi connectivity index (χ2n) is 6.64. The summed E-state index contributed by atoms with van der Waals surface area (Å²) in [5, 5.41) is 5.41. The zero-order chi connectivity index (χ0) is 19.2. The van der Waals surface area contributed by atoms with Crippen molar-refractivity contribution in [1.82, 2.24) is 10.2 Å². The number of nitrogens with zero attached hydrogens (tertiary/aromatic N) is 1. The maximum Gasteiger partial charge on any atom is 0.313 e. The van der Waals surface area contributed by atoms with Crippen LogP contribution in [0, 0.1) is 13.8 Å². The first-order valence-electron chi connectivity index (χ1n) is 9.06. The summed E-state index contributed by atoms with van der Waals surface area (Å²) in [7, 11) is 0. The van der Waals surface area contributed by atoms with E-state index in [-0.39, 0.29) is 6.04 Å². The number of amides is 2. The summed E-state index contributed by atoms with van der Waals surface area (Å²) >= 11 is 1.92. The van der Waals surface area contributed by atoms with Gasteiger partial charge in [-0.1, -0.05) is 6.07 Å². The number of hydrogen-bond donors (Lipinski definition) is 2. The van der Waals surface area contributed by atoms with Crippen molar-refractivity contribution in [3.05, 3.63) is 53.5 Å². The van der Waals surface area contributed by atoms with E-state index in [1.807, 2.05) is 49.9 Å². The zero-order valence-electron chi connectivity index (χ0n) is 15.7. The van der Waals surface area contributed by atoms with Gasteiger partial charge in [-0.2, -0.15) is 11.8 Å². The van der Waals surface area contributed by atoms with Gasteiger partial charge in [-0.25, -0.2) is 0 Å². The summed E-state index contributed by atoms with van der Waals surface area (Å²) in [6.45, 7) is 6.16. The minimum absolute atomic E-state index is 0.0701. The Labute approximate surface area is 163 Å². The molecular weight excluding hydrogens is 362 g/mol. The molecule has 2 amide bonds. The van der Waals surface area contributed by atoms with E-state index in [0.29, 0.717) is 12.2 Å². The summed E-state index contributed by atoms with van der Waals surface area (Å²) in [4.78, 5) is 26.8. The van der Waals surface area contributed by atoms with Gasteiger partial charge in [0.1, 0.15) is 5.76 Å². The lowest BCUT2D eigenvalue weighted by molar-refractivity contribution is -0.136. The van der Waals surface area contributed by atoms with Crippen LogP contribution < -0.4 is 10.6 Å². The summed E-state index contributed by atoms with van der Waals surface area (Å²) in [6, 6.07) is 9.26. The fraction of sp³-hybridized carbons (Fsp3) is 0.400. The van der Waals surface area contributed by atoms with Crippen molar-refractivity contribution in [3.8, 4) is 0 Å². The molecule has 0 saturated carbocycles. The summed E-state index contributed by atoms with van der Waals surface area (Å²) < 4.78 is 5.56. The van der Waals surface area contributed by atoms with Gasteiger partial charge in [-0.15, -0.1) is 0 Å². The average molecular weight is 388 g/mol. The van der Waals surface area contributed by atoms with Crippen LogP contribution in [0.2, 0.25) is 0 Å². The highest BCUT2D eigenvalue weighted by atomic mass is 32.2. The molecule has 6 nitrogen and oxygen atoms in total. The van der Waals surface area contributed by atoms with Crippen molar-refractivity contribution in [2.75, 3.05) is 36.5 Å². The predicted molar refractivity (Wildman–Crippen MR) is 108 cm³/mol. The van der Waals surface area contributed by atoms with Crippen LogP contribution in [0.15, 0.2) is 41.0 Å². The predicted octanol–water partition coefficient (Wildman–Crippen LogP) is 2.74. The number of furan rings is 1. The van der Waals surface area contributed by atoms with Gasteiger partial charge in [0, 0.05) is 36.8 Å². The Bertz CT molecular complexity index is 786. The number of benzene rings is 1. The standard InChI is InChI=1S/C20H25N3O3S/c1-14-5-6-16(12-15(14)2)22-20(25)19(24)21-13-17(18-4-3-9-26-18)23-7-10-27-11-8-23/h3-6,9,12,17H,7-8,10-11,13H2,1-2H3,(H,21,24)(H,22,25)/t17-/m1/s1. The third-order valence-corrected chi connectivity index (χ3v) is 5.73. The highest BCUT2D eigenvalue weighted by Crippen LogP contribution is 2.24. The van der Waals surface area contributed by atoms with Crippen LogP contribution in [-0.4, -0.2) is 47.9 Å². The lowest BCUT2D eigenvalue weighted by atomic mass is 10.1. The zero-order valence-corrected chi connectivity index (χ0v) is 16.5. The molecular formula is C20H25N3O3S. The number of aryl methyl sites for hydroxylation is 2. The van der Waals surface area contributed by atoms with E-state index in [2.05, 4.69) is 15.5 Å². The first-order valence-corrected chi connectivity index (χ1v) is 10.2. The van der Waals surface area contributed by atoms with Crippen LogP contribution in [-0.2, 0) is 9.59 Å². The summed E-state index contributed by atoms with van der Waals surface area (Å²) in [5.41, 5.74) is 2.82. The van der Waals surface area contributed by atoms with Crippen LogP contribution >= 0.6 is 11.8 Å². The maximum absolute atomic E-state index is 12.3. The van der Waals surface area contributed by atoms with Gasteiger partial charge in [0.25, 0.3) is 0 Å². The van der Waals surface area contributed by atoms with Crippen LogP contribution in [0.5, 0.6) is 0 Å². The number of carbonyl (C=O) groups is 2. The monoisotopic (exact) mass is 387 g/mol. The molecule has 0 unspecified atom stereocenters. The smallest absolute Gasteiger partial charge is 0.313 e. The Morgan fingerprint density at radius 1 is 1.15 bits per heavy atom. The molecule has 7 heteroatoms. The fourth-order valence-electron chi connectivity index (χ4n) is 3.06. The van der Waals surface area contributed by atoms with Gasteiger partial charge in [0.15, 0.2) is 0 Å². The number of hydrogen-bond acceptors (Lipinski definition) is 5. The molecule has 1 aliphatic heterocycles. The van der Waals surface area contributed by atoms with Crippen molar-refractivity contribution in [3.63, 3.8) is 0 Å². The van der Waals surface area contributed by atoms with Gasteiger partial charge in [-0.05, 0) is 49.2 Å². The summed E-state index contributed by atoms with van der Waals surface area (Å²) in [6.07, 6.45) is 1.63. The molecule has 2 N–H and O–H groups in total. The molecule has 0 spiro atoms. The van der Waals surface area contributed by atoms with Gasteiger partial charge in [-0.3, -0.25) is 14.5 Å². The molecule has 2 heterocycles. The van der Waals surface area contributed by atoms with Crippen molar-refractivity contribution < 1.29 is 14.0 Å². The molecule has 0 aliphatic carbocycles. The fourth-order valence-corrected chi connectivity index (χ4v) is 3.99. The van der Waals surface area contributed by atoms with E-state index >= 15 is 0 Å². The lowest BCUT2D eigenvalue weighted by Crippen LogP contribution is -2.44. The van der Waals surface area contributed by atoms with Crippen LogP contribution in [0.3, 0.4) is 0 Å². The van der Waals surface area contributed by atoms with Crippen molar-refractivity contribution in [2.24, 2.45) is 0 Å². The molecule has 1 saturated heterocycles. The van der Waals surface area contributed by atoms with E-state index in [1.165, 1.54) is 0 Å². The van der Waals surface area contributed by atoms with Gasteiger partial charge >= 0.3 is 11.8 Å². The van der Waals surface area contributed by atoms with Crippen molar-refractivity contribution in [1.29, 1.82) is 0 Å². The quantitative estimate of drug-likeness (QED) is 0.772. The molecule has 1 aliphatic rings. The SMILES string of the molecule is Cc1ccc(NC(=O)C(=O)NC[C@H](c2ccco2)N2CCSCC2)cc1C. The second kappa shape index (κ2) is 9.10. The molecule has 2 aromatic rings. The minimum atomic E-state index is -0.661. The highest BCUT2D eigenvalue weighted by molar-refractivity contribution is 7.99. The second-order valence-corrected chi connectivity index (χ2v) is 7.87. The average Bonchev–Trinajstić information content (AvgIpc) is 3.20. The van der Waals surface area contributed by atoms with E-state index < -0.39 is 11.8 Å². The third-order valence-electron chi connectivity index (χ3n) is 4.79. The lowest BCUT2D eigenvalue weighted by Gasteiger charge is -2.33. The Morgan fingerprint density at radius 3 is 2.59 bits per heavy atom. The van der Waals surface area contributed by atoms with Gasteiger partial charge < -0.3 is 15.1 Å². The van der Waals surface area contributed by atoms with Crippen LogP contribution in [0.1, 0.15) is 22.9 Å². The topological polar surface area (TPSA) is 74.6 Å². The molecule has 1 aromatic heterocycles. The Hall–Kier alpha value is -2.25. The molecule has 1 fully saturated rings. The van der Waals surface area contributed by atoms with Gasteiger partial charge in [0.2, 0.25) is 0 Å². The number of anilines is 1. The molecule has 144 valence electrons. The summed E-state index contributed by atoms with van der Waals surface area (Å²) in [5.74, 6) is 1.61. The van der Waals surface area contributed by atoms with Crippen LogP contribution in [0.4, 0.5) is 5.69 Å². The first kappa shape index (κ1) is 19.5. The van der Waals surface area contributed by atoms with Crippen LogP contribution in [0.25, 0.3) is 0 Å². The maximum atomic E-state index is 12.3. The van der Waals surface area contributed by atoms with Crippen molar-refractivity contribution >= 4 is 29.3 Å². The highest BCUT2D eigenvalue weighted by Gasteiger charge is 2.26. The molecule has 0 bridgehead atoms. The number of thioether (sulfide) groups is 1. The molecule has 27 heavy (non-hydrogen) atoms. The van der Waals surface area contributed by atoms with Crippen molar-refractivity contribution in [2.45, 2.75) is 19.9 Å². The number of carbonyl (C=O) groups excluding carboxylic acids is 2. The number of rotatable bonds is 5. The Morgan fingerprint density at radius 2 is 1.93 bits per heavy atom. The normalized spacial score (nSPS) is 15.9. The van der Waals surface area contributed by atoms with E-state index in [4.69, 9.17) is 4.42 Å². The van der Waals surface area contributed by atoms with E-state index in [1.54, 1.807) is 12.3 Å². The minimum Gasteiger partial charge on any atom is -0.468 e. The molecule has 1 aromatic carbocycles. The molecule has 3 rings (SSSR count). The largest absolute Gasteiger partial charge is 0.468 e. The number of nitrogens with one attached hydrogen (secondary N) is 2. The third kappa shape index (κ3) is 5.14. The first-order chi connectivity index (χ1) is 13.0.